The second-order valence-corrected chi connectivity index (χ2v) is 5.47. The lowest BCUT2D eigenvalue weighted by Crippen LogP contribution is -2.14. The van der Waals surface area contributed by atoms with Gasteiger partial charge in [0.1, 0.15) is 5.69 Å². The van der Waals surface area contributed by atoms with E-state index in [-0.39, 0.29) is 29.5 Å². The summed E-state index contributed by atoms with van der Waals surface area (Å²) in [5, 5.41) is 14.0. The lowest BCUT2D eigenvalue weighted by molar-refractivity contribution is -0.384. The molecular weight excluding hydrogens is 336 g/mol. The fourth-order valence-electron chi connectivity index (χ4n) is 2.45. The molecule has 0 radical (unpaired) electrons. The van der Waals surface area contributed by atoms with E-state index in [1.807, 2.05) is 30.3 Å². The van der Waals surface area contributed by atoms with Crippen LogP contribution in [-0.2, 0) is 11.2 Å². The van der Waals surface area contributed by atoms with Crippen molar-refractivity contribution in [2.45, 2.75) is 26.7 Å². The highest BCUT2D eigenvalue weighted by Crippen LogP contribution is 2.38. The molecule has 138 valence electrons. The number of anilines is 1. The summed E-state index contributed by atoms with van der Waals surface area (Å²) < 4.78 is 10.9. The molecule has 0 aromatic heterocycles. The zero-order valence-electron chi connectivity index (χ0n) is 14.9. The number of ether oxygens (including phenoxy) is 2. The molecule has 0 aliphatic carbocycles. The summed E-state index contributed by atoms with van der Waals surface area (Å²) in [5.41, 5.74) is 0.892. The van der Waals surface area contributed by atoms with E-state index < -0.39 is 4.92 Å². The standard InChI is InChI=1S/C19H22N2O5/c1-3-25-17-12-15(16(21(23)24)13-18(17)26-4-2)20-19(22)11-10-14-8-6-5-7-9-14/h5-9,12-13H,3-4,10-11H2,1-2H3,(H,20,22). The third-order valence-corrected chi connectivity index (χ3v) is 3.62. The van der Waals surface area contributed by atoms with E-state index in [4.69, 9.17) is 9.47 Å². The molecular formula is C19H22N2O5. The fraction of sp³-hybridized carbons (Fsp3) is 0.316. The molecule has 2 rings (SSSR count). The normalized spacial score (nSPS) is 10.2. The number of carbonyl (C=O) groups is 1. The molecule has 0 saturated carbocycles. The number of rotatable bonds is 9. The largest absolute Gasteiger partial charge is 0.490 e. The molecule has 26 heavy (non-hydrogen) atoms. The second-order valence-electron chi connectivity index (χ2n) is 5.47. The molecule has 2 aromatic carbocycles. The Hall–Kier alpha value is -3.09. The van der Waals surface area contributed by atoms with Gasteiger partial charge >= 0.3 is 0 Å². The van der Waals surface area contributed by atoms with Gasteiger partial charge in [-0.15, -0.1) is 0 Å². The van der Waals surface area contributed by atoms with Crippen LogP contribution in [0.1, 0.15) is 25.8 Å². The lowest BCUT2D eigenvalue weighted by Gasteiger charge is -2.13. The van der Waals surface area contributed by atoms with Gasteiger partial charge < -0.3 is 14.8 Å². The number of nitro groups is 1. The lowest BCUT2D eigenvalue weighted by atomic mass is 10.1. The Bertz CT molecular complexity index is 762. The zero-order valence-corrected chi connectivity index (χ0v) is 14.9. The quantitative estimate of drug-likeness (QED) is 0.541. The Balaban J connectivity index is 2.18. The highest BCUT2D eigenvalue weighted by Gasteiger charge is 2.21. The molecule has 2 aromatic rings. The van der Waals surface area contributed by atoms with Crippen molar-refractivity contribution >= 4 is 17.3 Å². The molecule has 7 heteroatoms. The average molecular weight is 358 g/mol. The van der Waals surface area contributed by atoms with Crippen LogP contribution in [0.15, 0.2) is 42.5 Å². The van der Waals surface area contributed by atoms with Crippen molar-refractivity contribution in [1.29, 1.82) is 0 Å². The number of nitrogens with zero attached hydrogens (tertiary/aromatic N) is 1. The maximum atomic E-state index is 12.2. The molecule has 1 N–H and O–H groups in total. The first kappa shape index (κ1) is 19.2. The molecule has 0 aliphatic rings. The summed E-state index contributed by atoms with van der Waals surface area (Å²) in [6.07, 6.45) is 0.772. The van der Waals surface area contributed by atoms with Crippen LogP contribution in [0.4, 0.5) is 11.4 Å². The molecule has 0 heterocycles. The van der Waals surface area contributed by atoms with Crippen LogP contribution < -0.4 is 14.8 Å². The zero-order chi connectivity index (χ0) is 18.9. The number of aryl methyl sites for hydroxylation is 1. The summed E-state index contributed by atoms with van der Waals surface area (Å²) in [7, 11) is 0. The number of amides is 1. The number of nitro benzene ring substituents is 1. The summed E-state index contributed by atoms with van der Waals surface area (Å²) in [4.78, 5) is 23.1. The number of carbonyl (C=O) groups excluding carboxylic acids is 1. The van der Waals surface area contributed by atoms with Crippen LogP contribution in [0, 0.1) is 10.1 Å². The first-order valence-electron chi connectivity index (χ1n) is 8.47. The summed E-state index contributed by atoms with van der Waals surface area (Å²) in [6, 6.07) is 12.3. The molecule has 0 spiro atoms. The van der Waals surface area contributed by atoms with Gasteiger partial charge in [0.15, 0.2) is 11.5 Å². The number of nitrogens with one attached hydrogen (secondary N) is 1. The summed E-state index contributed by atoms with van der Waals surface area (Å²) in [6.45, 7) is 4.30. The molecule has 7 nitrogen and oxygen atoms in total. The van der Waals surface area contributed by atoms with Gasteiger partial charge in [-0.25, -0.2) is 0 Å². The van der Waals surface area contributed by atoms with Gasteiger partial charge in [0.05, 0.1) is 24.2 Å². The topological polar surface area (TPSA) is 90.7 Å². The Morgan fingerprint density at radius 2 is 1.69 bits per heavy atom. The van der Waals surface area contributed by atoms with E-state index in [9.17, 15) is 14.9 Å². The van der Waals surface area contributed by atoms with Crippen molar-refractivity contribution in [2.24, 2.45) is 0 Å². The second kappa shape index (κ2) is 9.41. The van der Waals surface area contributed by atoms with Crippen LogP contribution in [0.5, 0.6) is 11.5 Å². The van der Waals surface area contributed by atoms with Gasteiger partial charge in [-0.3, -0.25) is 14.9 Å². The Morgan fingerprint density at radius 1 is 1.08 bits per heavy atom. The van der Waals surface area contributed by atoms with Gasteiger partial charge in [-0.2, -0.15) is 0 Å². The Kier molecular flexibility index (Phi) is 6.96. The number of benzene rings is 2. The molecule has 1 amide bonds. The van der Waals surface area contributed by atoms with Crippen LogP contribution in [0.25, 0.3) is 0 Å². The van der Waals surface area contributed by atoms with Crippen molar-refractivity contribution in [2.75, 3.05) is 18.5 Å². The van der Waals surface area contributed by atoms with Crippen molar-refractivity contribution < 1.29 is 19.2 Å². The first-order chi connectivity index (χ1) is 12.5. The summed E-state index contributed by atoms with van der Waals surface area (Å²) in [5.74, 6) is 0.338. The molecule has 0 saturated heterocycles. The highest BCUT2D eigenvalue weighted by molar-refractivity contribution is 5.93. The monoisotopic (exact) mass is 358 g/mol. The van der Waals surface area contributed by atoms with E-state index in [1.54, 1.807) is 13.8 Å². The maximum Gasteiger partial charge on any atom is 0.296 e. The van der Waals surface area contributed by atoms with E-state index >= 15 is 0 Å². The smallest absolute Gasteiger partial charge is 0.296 e. The maximum absolute atomic E-state index is 12.2. The highest BCUT2D eigenvalue weighted by atomic mass is 16.6. The van der Waals surface area contributed by atoms with E-state index in [1.165, 1.54) is 12.1 Å². The minimum atomic E-state index is -0.551. The van der Waals surface area contributed by atoms with Gasteiger partial charge in [0.25, 0.3) is 5.69 Å². The molecule has 0 unspecified atom stereocenters. The number of hydrogen-bond donors (Lipinski definition) is 1. The fourth-order valence-corrected chi connectivity index (χ4v) is 2.45. The first-order valence-corrected chi connectivity index (χ1v) is 8.47. The number of hydrogen-bond acceptors (Lipinski definition) is 5. The summed E-state index contributed by atoms with van der Waals surface area (Å²) >= 11 is 0. The third kappa shape index (κ3) is 5.20. The third-order valence-electron chi connectivity index (χ3n) is 3.62. The minimum absolute atomic E-state index is 0.0972. The molecule has 0 aliphatic heterocycles. The van der Waals surface area contributed by atoms with Gasteiger partial charge in [0.2, 0.25) is 5.91 Å². The van der Waals surface area contributed by atoms with Crippen LogP contribution >= 0.6 is 0 Å². The SMILES string of the molecule is CCOc1cc(NC(=O)CCc2ccccc2)c([N+](=O)[O-])cc1OCC. The van der Waals surface area contributed by atoms with E-state index in [0.29, 0.717) is 25.4 Å². The molecule has 0 fully saturated rings. The van der Waals surface area contributed by atoms with Crippen LogP contribution in [0.2, 0.25) is 0 Å². The predicted octanol–water partition coefficient (Wildman–Crippen LogP) is 3.96. The minimum Gasteiger partial charge on any atom is -0.490 e. The van der Waals surface area contributed by atoms with Crippen molar-refractivity contribution in [3.63, 3.8) is 0 Å². The van der Waals surface area contributed by atoms with Crippen molar-refractivity contribution in [3.05, 3.63) is 58.1 Å². The van der Waals surface area contributed by atoms with Crippen molar-refractivity contribution in [1.82, 2.24) is 0 Å². The average Bonchev–Trinajstić information content (AvgIpc) is 2.63. The van der Waals surface area contributed by atoms with Gasteiger partial charge in [-0.05, 0) is 25.8 Å². The molecule has 0 bridgehead atoms. The predicted molar refractivity (Wildman–Crippen MR) is 98.8 cm³/mol. The molecule has 0 atom stereocenters. The Labute approximate surface area is 152 Å². The van der Waals surface area contributed by atoms with Crippen LogP contribution in [-0.4, -0.2) is 24.0 Å². The Morgan fingerprint density at radius 3 is 2.27 bits per heavy atom. The van der Waals surface area contributed by atoms with E-state index in [0.717, 1.165) is 5.56 Å². The van der Waals surface area contributed by atoms with Crippen molar-refractivity contribution in [3.8, 4) is 11.5 Å². The van der Waals surface area contributed by atoms with Gasteiger partial charge in [-0.1, -0.05) is 30.3 Å². The van der Waals surface area contributed by atoms with Gasteiger partial charge in [0, 0.05) is 12.5 Å². The van der Waals surface area contributed by atoms with E-state index in [2.05, 4.69) is 5.32 Å². The van der Waals surface area contributed by atoms with Crippen LogP contribution in [0.3, 0.4) is 0 Å².